The van der Waals surface area contributed by atoms with Gasteiger partial charge in [0.15, 0.2) is 11.5 Å². The molecule has 32 heavy (non-hydrogen) atoms. The lowest BCUT2D eigenvalue weighted by Crippen LogP contribution is -2.67. The lowest BCUT2D eigenvalue weighted by molar-refractivity contribution is -0.144. The first-order valence-corrected chi connectivity index (χ1v) is 11.5. The van der Waals surface area contributed by atoms with Gasteiger partial charge in [-0.1, -0.05) is 6.07 Å². The number of amides is 1. The van der Waals surface area contributed by atoms with Gasteiger partial charge in [-0.15, -0.1) is 0 Å². The largest absolute Gasteiger partial charge is 0.493 e. The highest BCUT2D eigenvalue weighted by atomic mass is 16.6. The van der Waals surface area contributed by atoms with E-state index in [0.29, 0.717) is 43.1 Å². The van der Waals surface area contributed by atoms with Gasteiger partial charge in [0.05, 0.1) is 50.5 Å². The molecular formula is C24H28N2O6. The van der Waals surface area contributed by atoms with Crippen molar-refractivity contribution in [3.05, 3.63) is 17.7 Å². The number of rotatable bonds is 2. The molecule has 7 unspecified atom stereocenters. The van der Waals surface area contributed by atoms with Crippen LogP contribution in [0.2, 0.25) is 0 Å². The SMILES string of the molecule is COc1ccc2c(c1OC)N1C(=O)CC3OCC4OC45CN(C)CCC24C(=O)CC5C3C14. The summed E-state index contributed by atoms with van der Waals surface area (Å²) in [6.07, 6.45) is 1.28. The number of epoxide rings is 1. The van der Waals surface area contributed by atoms with Crippen molar-refractivity contribution in [1.29, 1.82) is 0 Å². The van der Waals surface area contributed by atoms with E-state index in [1.165, 1.54) is 0 Å². The van der Waals surface area contributed by atoms with Crippen LogP contribution < -0.4 is 14.4 Å². The molecule has 7 atom stereocenters. The minimum atomic E-state index is -0.762. The van der Waals surface area contributed by atoms with E-state index in [0.717, 1.165) is 18.7 Å². The molecule has 5 saturated heterocycles. The zero-order chi connectivity index (χ0) is 22.0. The summed E-state index contributed by atoms with van der Waals surface area (Å²) >= 11 is 0. The van der Waals surface area contributed by atoms with Crippen molar-refractivity contribution in [2.45, 2.75) is 48.5 Å². The Labute approximate surface area is 186 Å². The Balaban J connectivity index is 1.53. The summed E-state index contributed by atoms with van der Waals surface area (Å²) in [6, 6.07) is 3.58. The summed E-state index contributed by atoms with van der Waals surface area (Å²) < 4.78 is 24.0. The second kappa shape index (κ2) is 6.04. The van der Waals surface area contributed by atoms with Crippen molar-refractivity contribution in [2.24, 2.45) is 11.8 Å². The molecule has 6 fully saturated rings. The van der Waals surface area contributed by atoms with Gasteiger partial charge >= 0.3 is 0 Å². The third kappa shape index (κ3) is 2.01. The Hall–Kier alpha value is -2.16. The molecule has 8 rings (SSSR count). The van der Waals surface area contributed by atoms with E-state index in [1.807, 2.05) is 17.0 Å². The van der Waals surface area contributed by atoms with Crippen molar-refractivity contribution in [1.82, 2.24) is 4.90 Å². The van der Waals surface area contributed by atoms with Crippen LogP contribution in [0.3, 0.4) is 0 Å². The predicted octanol–water partition coefficient (Wildman–Crippen LogP) is 1.14. The Bertz CT molecular complexity index is 1060. The second-order valence-corrected chi connectivity index (χ2v) is 10.3. The van der Waals surface area contributed by atoms with Crippen LogP contribution in [-0.2, 0) is 24.5 Å². The second-order valence-electron chi connectivity index (χ2n) is 10.3. The Morgan fingerprint density at radius 1 is 1.16 bits per heavy atom. The number of Topliss-reactive ketones (excluding diaryl/α,β-unsaturated/α-hetero) is 1. The summed E-state index contributed by atoms with van der Waals surface area (Å²) in [5.74, 6) is 1.42. The van der Waals surface area contributed by atoms with Crippen LogP contribution in [0.25, 0.3) is 0 Å². The fourth-order valence-electron chi connectivity index (χ4n) is 7.89. The number of likely N-dealkylation sites (N-methyl/N-ethyl adjacent to an activating group) is 1. The molecule has 1 amide bonds. The summed E-state index contributed by atoms with van der Waals surface area (Å²) in [5.41, 5.74) is 0.495. The highest BCUT2D eigenvalue weighted by molar-refractivity contribution is 6.08. The Morgan fingerprint density at radius 3 is 2.78 bits per heavy atom. The van der Waals surface area contributed by atoms with E-state index in [1.54, 1.807) is 14.2 Å². The molecule has 1 aliphatic carbocycles. The summed E-state index contributed by atoms with van der Waals surface area (Å²) in [7, 11) is 5.30. The van der Waals surface area contributed by atoms with Crippen LogP contribution in [0.1, 0.15) is 24.8 Å². The number of hydrogen-bond acceptors (Lipinski definition) is 7. The third-order valence-electron chi connectivity index (χ3n) is 9.17. The predicted molar refractivity (Wildman–Crippen MR) is 113 cm³/mol. The summed E-state index contributed by atoms with van der Waals surface area (Å²) in [5, 5.41) is 0. The number of ether oxygens (including phenoxy) is 4. The Morgan fingerprint density at radius 2 is 2.00 bits per heavy atom. The average Bonchev–Trinajstić information content (AvgIpc) is 3.39. The summed E-state index contributed by atoms with van der Waals surface area (Å²) in [6.45, 7) is 2.06. The van der Waals surface area contributed by atoms with Crippen molar-refractivity contribution in [3.63, 3.8) is 0 Å². The van der Waals surface area contributed by atoms with Gasteiger partial charge in [-0.05, 0) is 31.6 Å². The van der Waals surface area contributed by atoms with Crippen LogP contribution in [0.4, 0.5) is 5.69 Å². The molecule has 1 aromatic carbocycles. The molecular weight excluding hydrogens is 412 g/mol. The molecule has 8 nitrogen and oxygen atoms in total. The van der Waals surface area contributed by atoms with Crippen molar-refractivity contribution < 1.29 is 28.5 Å². The third-order valence-corrected chi connectivity index (χ3v) is 9.17. The number of benzene rings is 1. The number of fused-ring (bicyclic) bond motifs is 6. The Kier molecular flexibility index (Phi) is 3.65. The standard InChI is InChI=1S/C24H28N2O6/c1-25-7-6-23-12-4-5-14(29-2)21(30-3)20(12)26-18(28)9-15-19(22(23)26)13(8-16(23)27)24(11-25)17(32-24)10-31-15/h4-5,13,15,17,19,22H,6-11H2,1-3H3. The van der Waals surface area contributed by atoms with Gasteiger partial charge in [-0.25, -0.2) is 0 Å². The zero-order valence-corrected chi connectivity index (χ0v) is 18.6. The van der Waals surface area contributed by atoms with E-state index in [4.69, 9.17) is 18.9 Å². The fraction of sp³-hybridized carbons (Fsp3) is 0.667. The van der Waals surface area contributed by atoms with Gasteiger partial charge in [0.1, 0.15) is 17.5 Å². The fourth-order valence-corrected chi connectivity index (χ4v) is 7.89. The van der Waals surface area contributed by atoms with E-state index in [9.17, 15) is 9.59 Å². The number of methoxy groups -OCH3 is 2. The number of piperidine rings is 1. The minimum absolute atomic E-state index is 0.000843. The van der Waals surface area contributed by atoms with E-state index in [-0.39, 0.29) is 47.4 Å². The van der Waals surface area contributed by atoms with Crippen molar-refractivity contribution in [2.75, 3.05) is 45.9 Å². The molecule has 0 aromatic heterocycles. The van der Waals surface area contributed by atoms with Gasteiger partial charge in [0.2, 0.25) is 5.91 Å². The smallest absolute Gasteiger partial charge is 0.230 e. The van der Waals surface area contributed by atoms with Crippen LogP contribution in [0, 0.1) is 11.8 Å². The highest BCUT2D eigenvalue weighted by Gasteiger charge is 2.76. The van der Waals surface area contributed by atoms with E-state index < -0.39 is 5.41 Å². The molecule has 0 N–H and O–H groups in total. The van der Waals surface area contributed by atoms with E-state index >= 15 is 0 Å². The van der Waals surface area contributed by atoms with Crippen LogP contribution >= 0.6 is 0 Å². The van der Waals surface area contributed by atoms with Crippen LogP contribution in [-0.4, -0.2) is 81.4 Å². The molecule has 2 spiro atoms. The molecule has 1 aromatic rings. The van der Waals surface area contributed by atoms with Crippen LogP contribution in [0.15, 0.2) is 12.1 Å². The van der Waals surface area contributed by atoms with Crippen LogP contribution in [0.5, 0.6) is 11.5 Å². The van der Waals surface area contributed by atoms with Gasteiger partial charge in [-0.3, -0.25) is 9.59 Å². The average molecular weight is 440 g/mol. The molecule has 170 valence electrons. The monoisotopic (exact) mass is 440 g/mol. The topological polar surface area (TPSA) is 80.8 Å². The number of nitrogens with zero attached hydrogens (tertiary/aromatic N) is 2. The molecule has 0 radical (unpaired) electrons. The molecule has 1 saturated carbocycles. The van der Waals surface area contributed by atoms with Crippen molar-refractivity contribution in [3.8, 4) is 11.5 Å². The van der Waals surface area contributed by atoms with Gasteiger partial charge in [0.25, 0.3) is 0 Å². The molecule has 6 heterocycles. The first-order chi connectivity index (χ1) is 15.5. The summed E-state index contributed by atoms with van der Waals surface area (Å²) in [4.78, 5) is 32.0. The first-order valence-electron chi connectivity index (χ1n) is 11.5. The minimum Gasteiger partial charge on any atom is -0.493 e. The molecule has 4 bridgehead atoms. The number of ketones is 1. The molecule has 8 heteroatoms. The van der Waals surface area contributed by atoms with Gasteiger partial charge in [-0.2, -0.15) is 0 Å². The van der Waals surface area contributed by atoms with Gasteiger partial charge in [0, 0.05) is 24.8 Å². The number of hydrogen-bond donors (Lipinski definition) is 0. The number of carbonyl (C=O) groups excluding carboxylic acids is 2. The van der Waals surface area contributed by atoms with Gasteiger partial charge < -0.3 is 28.7 Å². The highest BCUT2D eigenvalue weighted by Crippen LogP contribution is 2.66. The zero-order valence-electron chi connectivity index (χ0n) is 18.6. The number of carbonyl (C=O) groups is 2. The normalized spacial score (nSPS) is 43.6. The molecule has 7 aliphatic rings. The lowest BCUT2D eigenvalue weighted by Gasteiger charge is -2.53. The van der Waals surface area contributed by atoms with Crippen molar-refractivity contribution >= 4 is 17.4 Å². The lowest BCUT2D eigenvalue weighted by atomic mass is 9.54. The molecule has 6 aliphatic heterocycles. The first kappa shape index (κ1) is 19.3. The number of anilines is 1. The maximum atomic E-state index is 14.2. The quantitative estimate of drug-likeness (QED) is 0.638. The maximum Gasteiger partial charge on any atom is 0.230 e. The van der Waals surface area contributed by atoms with E-state index in [2.05, 4.69) is 11.9 Å². The maximum absolute atomic E-state index is 14.2.